The van der Waals surface area contributed by atoms with Crippen LogP contribution in [0.4, 0.5) is 0 Å². The maximum Gasteiger partial charge on any atom is 0.226 e. The molecule has 0 aromatic heterocycles. The van der Waals surface area contributed by atoms with Crippen molar-refractivity contribution in [2.45, 2.75) is 6.29 Å². The van der Waals surface area contributed by atoms with Crippen molar-refractivity contribution >= 4 is 5.91 Å². The van der Waals surface area contributed by atoms with Crippen molar-refractivity contribution in [3.8, 4) is 0 Å². The van der Waals surface area contributed by atoms with Gasteiger partial charge in [0.2, 0.25) is 5.91 Å². The van der Waals surface area contributed by atoms with E-state index in [4.69, 9.17) is 15.0 Å². The summed E-state index contributed by atoms with van der Waals surface area (Å²) in [5.74, 6) is -0.364. The topological polar surface area (TPSA) is 96.3 Å². The number of hydrogen-bond acceptors (Lipinski definition) is 4. The lowest BCUT2D eigenvalue weighted by atomic mass is 10.5. The van der Waals surface area contributed by atoms with Gasteiger partial charge in [-0.05, 0) is 5.53 Å². The van der Waals surface area contributed by atoms with Crippen molar-refractivity contribution in [3.05, 3.63) is 10.4 Å². The van der Waals surface area contributed by atoms with Crippen LogP contribution in [0, 0.1) is 0 Å². The molecule has 0 saturated heterocycles. The predicted octanol–water partition coefficient (Wildman–Crippen LogP) is 0.0318. The molecule has 0 aromatic carbocycles. The molecule has 0 aliphatic rings. The molecule has 0 aliphatic heterocycles. The van der Waals surface area contributed by atoms with Crippen molar-refractivity contribution in [3.63, 3.8) is 0 Å². The number of methoxy groups -OCH3 is 2. The van der Waals surface area contributed by atoms with Gasteiger partial charge in [0.05, 0.1) is 6.54 Å². The van der Waals surface area contributed by atoms with Crippen molar-refractivity contribution in [1.29, 1.82) is 0 Å². The highest BCUT2D eigenvalue weighted by molar-refractivity contribution is 5.78. The summed E-state index contributed by atoms with van der Waals surface area (Å²) in [6, 6.07) is 0. The van der Waals surface area contributed by atoms with Crippen LogP contribution < -0.4 is 5.32 Å². The lowest BCUT2D eigenvalue weighted by Crippen LogP contribution is -2.35. The SMILES string of the molecule is COC(CNC(=O)CN=[N+]=[N-])OC. The Morgan fingerprint density at radius 1 is 1.62 bits per heavy atom. The van der Waals surface area contributed by atoms with Crippen LogP contribution in [0.2, 0.25) is 0 Å². The molecule has 1 amide bonds. The van der Waals surface area contributed by atoms with Gasteiger partial charge in [0.25, 0.3) is 0 Å². The van der Waals surface area contributed by atoms with E-state index in [-0.39, 0.29) is 19.0 Å². The molecule has 7 nitrogen and oxygen atoms in total. The van der Waals surface area contributed by atoms with Gasteiger partial charge < -0.3 is 14.8 Å². The van der Waals surface area contributed by atoms with E-state index < -0.39 is 6.29 Å². The lowest BCUT2D eigenvalue weighted by molar-refractivity contribution is -0.126. The first-order valence-corrected chi connectivity index (χ1v) is 3.57. The maximum atomic E-state index is 10.9. The first-order chi connectivity index (χ1) is 6.24. The molecule has 74 valence electrons. The molecule has 0 heterocycles. The van der Waals surface area contributed by atoms with Crippen LogP contribution in [0.15, 0.2) is 5.11 Å². The second-order valence-electron chi connectivity index (χ2n) is 2.09. The second kappa shape index (κ2) is 7.35. The van der Waals surface area contributed by atoms with Crippen LogP contribution in [0.5, 0.6) is 0 Å². The van der Waals surface area contributed by atoms with E-state index in [1.165, 1.54) is 14.2 Å². The van der Waals surface area contributed by atoms with Gasteiger partial charge in [-0.15, -0.1) is 0 Å². The highest BCUT2D eigenvalue weighted by Crippen LogP contribution is 1.87. The summed E-state index contributed by atoms with van der Waals surface area (Å²) in [5.41, 5.74) is 7.91. The minimum absolute atomic E-state index is 0.212. The zero-order valence-corrected chi connectivity index (χ0v) is 7.56. The number of carbonyl (C=O) groups is 1. The monoisotopic (exact) mass is 188 g/mol. The van der Waals surface area contributed by atoms with Gasteiger partial charge in [-0.2, -0.15) is 0 Å². The summed E-state index contributed by atoms with van der Waals surface area (Å²) in [4.78, 5) is 13.3. The molecule has 0 fully saturated rings. The molecule has 0 spiro atoms. The Kier molecular flexibility index (Phi) is 6.62. The van der Waals surface area contributed by atoms with Crippen LogP contribution in [0.25, 0.3) is 10.4 Å². The lowest BCUT2D eigenvalue weighted by Gasteiger charge is -2.13. The van der Waals surface area contributed by atoms with Gasteiger partial charge in [0.15, 0.2) is 6.29 Å². The average molecular weight is 188 g/mol. The number of nitrogens with one attached hydrogen (secondary N) is 1. The zero-order valence-electron chi connectivity index (χ0n) is 7.56. The van der Waals surface area contributed by atoms with Gasteiger partial charge in [-0.3, -0.25) is 4.79 Å². The van der Waals surface area contributed by atoms with Crippen LogP contribution in [0.3, 0.4) is 0 Å². The molecule has 0 aliphatic carbocycles. The molecule has 0 aromatic rings. The quantitative estimate of drug-likeness (QED) is 0.275. The highest BCUT2D eigenvalue weighted by atomic mass is 16.7. The number of hydrogen-bond donors (Lipinski definition) is 1. The van der Waals surface area contributed by atoms with Crippen LogP contribution in [-0.2, 0) is 14.3 Å². The Morgan fingerprint density at radius 3 is 2.69 bits per heavy atom. The maximum absolute atomic E-state index is 10.9. The first kappa shape index (κ1) is 11.7. The minimum Gasteiger partial charge on any atom is -0.354 e. The Balaban J connectivity index is 3.61. The second-order valence-corrected chi connectivity index (χ2v) is 2.09. The van der Waals surface area contributed by atoms with Crippen LogP contribution in [0.1, 0.15) is 0 Å². The number of nitrogens with zero attached hydrogens (tertiary/aromatic N) is 3. The summed E-state index contributed by atoms with van der Waals surface area (Å²) in [6.07, 6.45) is -0.477. The number of rotatable bonds is 6. The Morgan fingerprint density at radius 2 is 2.23 bits per heavy atom. The molecular weight excluding hydrogens is 176 g/mol. The standard InChI is InChI=1S/C6H12N4O3/c1-12-6(13-2)4-8-5(11)3-9-10-7/h6H,3-4H2,1-2H3,(H,8,11). The van der Waals surface area contributed by atoms with Gasteiger partial charge >= 0.3 is 0 Å². The van der Waals surface area contributed by atoms with E-state index in [0.29, 0.717) is 0 Å². The molecular formula is C6H12N4O3. The summed E-state index contributed by atoms with van der Waals surface area (Å²) in [5, 5.41) is 5.55. The number of carbonyl (C=O) groups excluding carboxylic acids is 1. The van der Waals surface area contributed by atoms with Crippen molar-refractivity contribution in [2.75, 3.05) is 27.3 Å². The molecule has 13 heavy (non-hydrogen) atoms. The molecule has 0 rings (SSSR count). The fourth-order valence-corrected chi connectivity index (χ4v) is 0.612. The molecule has 0 bridgehead atoms. The van der Waals surface area contributed by atoms with E-state index in [9.17, 15) is 4.79 Å². The van der Waals surface area contributed by atoms with Crippen LogP contribution >= 0.6 is 0 Å². The number of ether oxygens (including phenoxy) is 2. The van der Waals surface area contributed by atoms with Crippen molar-refractivity contribution in [2.24, 2.45) is 5.11 Å². The van der Waals surface area contributed by atoms with Gasteiger partial charge in [-0.25, -0.2) is 0 Å². The zero-order chi connectivity index (χ0) is 10.1. The van der Waals surface area contributed by atoms with E-state index >= 15 is 0 Å². The molecule has 0 atom stereocenters. The number of amides is 1. The summed E-state index contributed by atoms with van der Waals surface area (Å²) in [7, 11) is 2.93. The molecule has 0 radical (unpaired) electrons. The fourth-order valence-electron chi connectivity index (χ4n) is 0.612. The largest absolute Gasteiger partial charge is 0.354 e. The van der Waals surface area contributed by atoms with Gasteiger partial charge in [0.1, 0.15) is 6.54 Å². The third-order valence-electron chi connectivity index (χ3n) is 1.27. The molecule has 0 unspecified atom stereocenters. The Bertz CT molecular complexity index is 198. The van der Waals surface area contributed by atoms with E-state index in [0.717, 1.165) is 0 Å². The van der Waals surface area contributed by atoms with Crippen molar-refractivity contribution < 1.29 is 14.3 Å². The molecule has 0 saturated carbocycles. The normalized spacial score (nSPS) is 9.46. The fraction of sp³-hybridized carbons (Fsp3) is 0.833. The van der Waals surface area contributed by atoms with Crippen molar-refractivity contribution in [1.82, 2.24) is 5.32 Å². The predicted molar refractivity (Wildman–Crippen MR) is 44.8 cm³/mol. The Hall–Kier alpha value is -1.30. The third kappa shape index (κ3) is 5.92. The summed E-state index contributed by atoms with van der Waals surface area (Å²) >= 11 is 0. The van der Waals surface area contributed by atoms with E-state index in [1.807, 2.05) is 0 Å². The minimum atomic E-state index is -0.477. The molecule has 7 heteroatoms. The molecule has 1 N–H and O–H groups in total. The third-order valence-corrected chi connectivity index (χ3v) is 1.27. The van der Waals surface area contributed by atoms with Gasteiger partial charge in [-0.1, -0.05) is 5.11 Å². The van der Waals surface area contributed by atoms with E-state index in [1.54, 1.807) is 0 Å². The average Bonchev–Trinajstić information content (AvgIpc) is 2.16. The first-order valence-electron chi connectivity index (χ1n) is 3.57. The Labute approximate surface area is 75.6 Å². The summed E-state index contributed by atoms with van der Waals surface area (Å²) < 4.78 is 9.63. The van der Waals surface area contributed by atoms with Gasteiger partial charge in [0, 0.05) is 19.1 Å². The number of azide groups is 1. The van der Waals surface area contributed by atoms with E-state index in [2.05, 4.69) is 15.3 Å². The summed E-state index contributed by atoms with van der Waals surface area (Å²) in [6.45, 7) is 0.0173. The highest BCUT2D eigenvalue weighted by Gasteiger charge is 2.06. The smallest absolute Gasteiger partial charge is 0.226 e. The van der Waals surface area contributed by atoms with Crippen LogP contribution in [-0.4, -0.2) is 39.5 Å².